The lowest BCUT2D eigenvalue weighted by Crippen LogP contribution is -2.21. The van der Waals surface area contributed by atoms with Crippen LogP contribution in [0.25, 0.3) is 32.9 Å². The Bertz CT molecular complexity index is 1850. The molecule has 1 N–H and O–H groups in total. The van der Waals surface area contributed by atoms with E-state index in [2.05, 4.69) is 5.32 Å². The van der Waals surface area contributed by atoms with Crippen molar-refractivity contribution in [3.63, 3.8) is 0 Å². The van der Waals surface area contributed by atoms with E-state index in [1.807, 2.05) is 121 Å². The van der Waals surface area contributed by atoms with E-state index in [0.29, 0.717) is 34.5 Å². The molecule has 200 valence electrons. The molecule has 0 unspecified atom stereocenters. The van der Waals surface area contributed by atoms with Crippen LogP contribution in [0.2, 0.25) is 0 Å². The van der Waals surface area contributed by atoms with Gasteiger partial charge in [-0.15, -0.1) is 0 Å². The van der Waals surface area contributed by atoms with Crippen molar-refractivity contribution >= 4 is 39.2 Å². The van der Waals surface area contributed by atoms with Gasteiger partial charge in [-0.2, -0.15) is 0 Å². The van der Waals surface area contributed by atoms with Crippen molar-refractivity contribution in [2.24, 2.45) is 0 Å². The molecule has 6 heteroatoms. The molecule has 1 aromatic heterocycles. The van der Waals surface area contributed by atoms with E-state index in [0.717, 1.165) is 27.6 Å². The summed E-state index contributed by atoms with van der Waals surface area (Å²) in [7, 11) is 0. The van der Waals surface area contributed by atoms with Gasteiger partial charge in [0, 0.05) is 22.0 Å². The van der Waals surface area contributed by atoms with Crippen LogP contribution in [-0.2, 0) is 16.1 Å². The molecular formula is C35H26N2O4. The molecule has 0 fully saturated rings. The molecule has 0 radical (unpaired) electrons. The number of para-hydroxylation sites is 1. The molecule has 6 aromatic rings. The molecule has 0 saturated carbocycles. The molecule has 0 atom stereocenters. The molecular weight excluding hydrogens is 512 g/mol. The minimum atomic E-state index is -0.597. The number of carbonyl (C=O) groups excluding carboxylic acids is 2. The van der Waals surface area contributed by atoms with Gasteiger partial charge in [0.15, 0.2) is 6.61 Å². The van der Waals surface area contributed by atoms with Gasteiger partial charge in [0.1, 0.15) is 12.4 Å². The number of hydrogen-bond acceptors (Lipinski definition) is 5. The Hall–Kier alpha value is -5.49. The summed E-state index contributed by atoms with van der Waals surface area (Å²) in [5, 5.41) is 5.42. The fraction of sp³-hybridized carbons (Fsp3) is 0.0571. The van der Waals surface area contributed by atoms with Crippen LogP contribution < -0.4 is 10.1 Å². The second-order valence-electron chi connectivity index (χ2n) is 9.52. The summed E-state index contributed by atoms with van der Waals surface area (Å²) in [6.07, 6.45) is 0. The second kappa shape index (κ2) is 11.7. The maximum Gasteiger partial charge on any atom is 0.339 e. The first-order chi connectivity index (χ1) is 20.1. The quantitative estimate of drug-likeness (QED) is 0.204. The Kier molecular flexibility index (Phi) is 7.36. The van der Waals surface area contributed by atoms with Crippen LogP contribution in [0.5, 0.6) is 5.75 Å². The van der Waals surface area contributed by atoms with Crippen molar-refractivity contribution in [3.05, 3.63) is 139 Å². The summed E-state index contributed by atoms with van der Waals surface area (Å²) in [6, 6.07) is 40.0. The minimum Gasteiger partial charge on any atom is -0.489 e. The van der Waals surface area contributed by atoms with Gasteiger partial charge in [-0.05, 0) is 53.4 Å². The van der Waals surface area contributed by atoms with Crippen LogP contribution in [-0.4, -0.2) is 23.5 Å². The number of amides is 1. The smallest absolute Gasteiger partial charge is 0.339 e. The zero-order chi connectivity index (χ0) is 28.0. The third kappa shape index (κ3) is 5.92. The predicted octanol–water partition coefficient (Wildman–Crippen LogP) is 7.43. The normalized spacial score (nSPS) is 10.8. The first kappa shape index (κ1) is 25.8. The molecule has 0 aliphatic heterocycles. The van der Waals surface area contributed by atoms with Crippen molar-refractivity contribution in [3.8, 4) is 17.0 Å². The van der Waals surface area contributed by atoms with Crippen molar-refractivity contribution < 1.29 is 19.1 Å². The van der Waals surface area contributed by atoms with Crippen LogP contribution in [0.1, 0.15) is 15.9 Å². The van der Waals surface area contributed by atoms with E-state index in [9.17, 15) is 9.59 Å². The van der Waals surface area contributed by atoms with Crippen LogP contribution in [0, 0.1) is 0 Å². The Morgan fingerprint density at radius 2 is 1.41 bits per heavy atom. The monoisotopic (exact) mass is 538 g/mol. The number of anilines is 1. The van der Waals surface area contributed by atoms with Crippen molar-refractivity contribution in [1.82, 2.24) is 4.98 Å². The number of esters is 1. The summed E-state index contributed by atoms with van der Waals surface area (Å²) in [4.78, 5) is 30.7. The average molecular weight is 539 g/mol. The summed E-state index contributed by atoms with van der Waals surface area (Å²) in [5.41, 5.74) is 4.18. The summed E-state index contributed by atoms with van der Waals surface area (Å²) < 4.78 is 11.4. The highest BCUT2D eigenvalue weighted by molar-refractivity contribution is 6.06. The number of benzene rings is 5. The lowest BCUT2D eigenvalue weighted by Gasteiger charge is -2.12. The maximum absolute atomic E-state index is 13.2. The summed E-state index contributed by atoms with van der Waals surface area (Å²) in [5.74, 6) is -0.282. The van der Waals surface area contributed by atoms with E-state index in [1.54, 1.807) is 6.07 Å². The standard InChI is InChI=1S/C35H26N2O4/c38-34(37-31-16-8-12-25-11-4-5-13-28(25)31)23-41-35(39)30-21-33(36-32-15-7-6-14-29(30)32)26-17-19-27(20-18-26)40-22-24-9-2-1-3-10-24/h1-21H,22-23H2,(H,37,38). The molecule has 1 heterocycles. The highest BCUT2D eigenvalue weighted by Gasteiger charge is 2.17. The molecule has 0 aliphatic carbocycles. The molecule has 0 aliphatic rings. The summed E-state index contributed by atoms with van der Waals surface area (Å²) >= 11 is 0. The van der Waals surface area contributed by atoms with Gasteiger partial charge >= 0.3 is 5.97 Å². The van der Waals surface area contributed by atoms with Crippen molar-refractivity contribution in [2.75, 3.05) is 11.9 Å². The van der Waals surface area contributed by atoms with Crippen LogP contribution in [0.4, 0.5) is 5.69 Å². The maximum atomic E-state index is 13.2. The molecule has 0 bridgehead atoms. The number of nitrogens with zero attached hydrogens (tertiary/aromatic N) is 1. The minimum absolute atomic E-state index is 0.341. The van der Waals surface area contributed by atoms with Gasteiger partial charge in [-0.3, -0.25) is 4.79 Å². The number of nitrogens with one attached hydrogen (secondary N) is 1. The number of fused-ring (bicyclic) bond motifs is 2. The van der Waals surface area contributed by atoms with Gasteiger partial charge < -0.3 is 14.8 Å². The lowest BCUT2D eigenvalue weighted by molar-refractivity contribution is -0.119. The van der Waals surface area contributed by atoms with E-state index in [-0.39, 0.29) is 0 Å². The SMILES string of the molecule is O=C(COC(=O)c1cc(-c2ccc(OCc3ccccc3)cc2)nc2ccccc12)Nc1cccc2ccccc12. The Labute approximate surface area is 237 Å². The highest BCUT2D eigenvalue weighted by atomic mass is 16.5. The fourth-order valence-corrected chi connectivity index (χ4v) is 4.68. The van der Waals surface area contributed by atoms with E-state index >= 15 is 0 Å². The Morgan fingerprint density at radius 3 is 2.24 bits per heavy atom. The molecule has 1 amide bonds. The Balaban J connectivity index is 1.18. The largest absolute Gasteiger partial charge is 0.489 e. The number of aromatic nitrogens is 1. The molecule has 0 spiro atoms. The third-order valence-corrected chi connectivity index (χ3v) is 6.73. The molecule has 6 rings (SSSR count). The molecule has 41 heavy (non-hydrogen) atoms. The topological polar surface area (TPSA) is 77.5 Å². The predicted molar refractivity (Wildman–Crippen MR) is 161 cm³/mol. The zero-order valence-corrected chi connectivity index (χ0v) is 22.1. The van der Waals surface area contributed by atoms with Crippen LogP contribution in [0.15, 0.2) is 127 Å². The van der Waals surface area contributed by atoms with Crippen LogP contribution in [0.3, 0.4) is 0 Å². The van der Waals surface area contributed by atoms with Crippen molar-refractivity contribution in [1.29, 1.82) is 0 Å². The number of carbonyl (C=O) groups is 2. The van der Waals surface area contributed by atoms with Crippen LogP contribution >= 0.6 is 0 Å². The first-order valence-corrected chi connectivity index (χ1v) is 13.3. The number of rotatable bonds is 8. The van der Waals surface area contributed by atoms with Gasteiger partial charge in [-0.1, -0.05) is 84.9 Å². The first-order valence-electron chi connectivity index (χ1n) is 13.3. The Morgan fingerprint density at radius 1 is 0.707 bits per heavy atom. The average Bonchev–Trinajstić information content (AvgIpc) is 3.03. The second-order valence-corrected chi connectivity index (χ2v) is 9.52. The van der Waals surface area contributed by atoms with E-state index in [1.165, 1.54) is 0 Å². The number of hydrogen-bond donors (Lipinski definition) is 1. The lowest BCUT2D eigenvalue weighted by atomic mass is 10.0. The number of ether oxygens (including phenoxy) is 2. The van der Waals surface area contributed by atoms with E-state index < -0.39 is 18.5 Å². The van der Waals surface area contributed by atoms with Crippen molar-refractivity contribution in [2.45, 2.75) is 6.61 Å². The zero-order valence-electron chi connectivity index (χ0n) is 22.1. The summed E-state index contributed by atoms with van der Waals surface area (Å²) in [6.45, 7) is 0.0555. The van der Waals surface area contributed by atoms with Gasteiger partial charge in [0.05, 0.1) is 16.8 Å². The third-order valence-electron chi connectivity index (χ3n) is 6.73. The number of pyridine rings is 1. The molecule has 5 aromatic carbocycles. The van der Waals surface area contributed by atoms with E-state index in [4.69, 9.17) is 14.5 Å². The van der Waals surface area contributed by atoms with Gasteiger partial charge in [-0.25, -0.2) is 9.78 Å². The highest BCUT2D eigenvalue weighted by Crippen LogP contribution is 2.27. The molecule has 0 saturated heterocycles. The van der Waals surface area contributed by atoms with Gasteiger partial charge in [0.2, 0.25) is 0 Å². The fourth-order valence-electron chi connectivity index (χ4n) is 4.68. The molecule has 6 nitrogen and oxygen atoms in total. The van der Waals surface area contributed by atoms with Gasteiger partial charge in [0.25, 0.3) is 5.91 Å².